The maximum Gasteiger partial charge on any atom is 0.321 e. The number of aliphatic carboxylic acids is 1. The molecule has 11 heavy (non-hydrogen) atoms. The Bertz CT molecular complexity index is 201. The van der Waals surface area contributed by atoms with Gasteiger partial charge in [-0.15, -0.1) is 12.3 Å². The van der Waals surface area contributed by atoms with E-state index in [2.05, 4.69) is 10.7 Å². The highest BCUT2D eigenvalue weighted by Gasteiger charge is 2.25. The molecule has 4 heteroatoms. The van der Waals surface area contributed by atoms with E-state index >= 15 is 0 Å². The summed E-state index contributed by atoms with van der Waals surface area (Å²) in [5, 5.41) is 8.41. The van der Waals surface area contributed by atoms with Gasteiger partial charge in [-0.3, -0.25) is 9.59 Å². The first-order valence-electron chi connectivity index (χ1n) is 2.87. The first kappa shape index (κ1) is 9.50. The molecular formula is C7H8O4. The lowest BCUT2D eigenvalue weighted by atomic mass is 10.1. The molecule has 0 saturated heterocycles. The minimum Gasteiger partial charge on any atom is -0.481 e. The van der Waals surface area contributed by atoms with Crippen LogP contribution in [0.25, 0.3) is 0 Å². The van der Waals surface area contributed by atoms with E-state index in [-0.39, 0.29) is 6.42 Å². The SMILES string of the molecule is C#CCC(C(=O)O)C(=O)OC. The van der Waals surface area contributed by atoms with Gasteiger partial charge in [-0.1, -0.05) is 0 Å². The predicted molar refractivity (Wildman–Crippen MR) is 36.6 cm³/mol. The molecule has 0 aromatic rings. The van der Waals surface area contributed by atoms with Crippen LogP contribution in [0.4, 0.5) is 0 Å². The summed E-state index contributed by atoms with van der Waals surface area (Å²) in [6.45, 7) is 0. The van der Waals surface area contributed by atoms with E-state index in [0.717, 1.165) is 7.11 Å². The molecule has 0 aromatic heterocycles. The molecule has 1 N–H and O–H groups in total. The van der Waals surface area contributed by atoms with E-state index in [4.69, 9.17) is 11.5 Å². The number of rotatable bonds is 3. The number of carbonyl (C=O) groups is 2. The van der Waals surface area contributed by atoms with Crippen LogP contribution in [0.2, 0.25) is 0 Å². The van der Waals surface area contributed by atoms with Crippen LogP contribution in [0.3, 0.4) is 0 Å². The smallest absolute Gasteiger partial charge is 0.321 e. The van der Waals surface area contributed by atoms with Gasteiger partial charge in [-0.25, -0.2) is 0 Å². The molecule has 0 aliphatic carbocycles. The van der Waals surface area contributed by atoms with Crippen LogP contribution >= 0.6 is 0 Å². The summed E-state index contributed by atoms with van der Waals surface area (Å²) in [7, 11) is 1.12. The van der Waals surface area contributed by atoms with Crippen LogP contribution in [-0.4, -0.2) is 24.2 Å². The highest BCUT2D eigenvalue weighted by atomic mass is 16.5. The molecule has 1 atom stereocenters. The van der Waals surface area contributed by atoms with Crippen molar-refractivity contribution in [3.63, 3.8) is 0 Å². The Morgan fingerprint density at radius 3 is 2.55 bits per heavy atom. The summed E-state index contributed by atoms with van der Waals surface area (Å²) < 4.78 is 4.21. The second kappa shape index (κ2) is 4.34. The molecule has 60 valence electrons. The Balaban J connectivity index is 4.24. The largest absolute Gasteiger partial charge is 0.481 e. The molecule has 0 fully saturated rings. The summed E-state index contributed by atoms with van der Waals surface area (Å²) >= 11 is 0. The van der Waals surface area contributed by atoms with E-state index in [9.17, 15) is 9.59 Å². The van der Waals surface area contributed by atoms with E-state index < -0.39 is 17.9 Å². The number of esters is 1. The fourth-order valence-electron chi connectivity index (χ4n) is 0.532. The van der Waals surface area contributed by atoms with Gasteiger partial charge in [-0.2, -0.15) is 0 Å². The molecule has 0 radical (unpaired) electrons. The lowest BCUT2D eigenvalue weighted by Gasteiger charge is -2.04. The lowest BCUT2D eigenvalue weighted by Crippen LogP contribution is -2.24. The fourth-order valence-corrected chi connectivity index (χ4v) is 0.532. The minimum atomic E-state index is -1.25. The summed E-state index contributed by atoms with van der Waals surface area (Å²) in [4.78, 5) is 20.9. The van der Waals surface area contributed by atoms with E-state index in [1.54, 1.807) is 0 Å². The van der Waals surface area contributed by atoms with Gasteiger partial charge in [0.15, 0.2) is 5.92 Å². The third kappa shape index (κ3) is 2.72. The van der Waals surface area contributed by atoms with E-state index in [1.165, 1.54) is 0 Å². The number of carboxylic acids is 1. The zero-order valence-corrected chi connectivity index (χ0v) is 6.03. The molecule has 0 spiro atoms. The highest BCUT2D eigenvalue weighted by Crippen LogP contribution is 2.03. The molecule has 0 aliphatic rings. The molecule has 0 amide bonds. The second-order valence-electron chi connectivity index (χ2n) is 1.82. The molecule has 0 aromatic carbocycles. The van der Waals surface area contributed by atoms with Crippen LogP contribution < -0.4 is 0 Å². The maximum absolute atomic E-state index is 10.6. The quantitative estimate of drug-likeness (QED) is 0.351. The summed E-state index contributed by atoms with van der Waals surface area (Å²) in [6.07, 6.45) is 4.70. The number of hydrogen-bond donors (Lipinski definition) is 1. The van der Waals surface area contributed by atoms with Gasteiger partial charge in [0.25, 0.3) is 0 Å². The summed E-state index contributed by atoms with van der Waals surface area (Å²) in [6, 6.07) is 0. The van der Waals surface area contributed by atoms with Gasteiger partial charge >= 0.3 is 11.9 Å². The molecule has 1 unspecified atom stereocenters. The van der Waals surface area contributed by atoms with E-state index in [1.807, 2.05) is 0 Å². The van der Waals surface area contributed by atoms with Gasteiger partial charge in [-0.05, 0) is 0 Å². The van der Waals surface area contributed by atoms with Crippen LogP contribution in [-0.2, 0) is 14.3 Å². The van der Waals surface area contributed by atoms with Crippen LogP contribution in [0.1, 0.15) is 6.42 Å². The van der Waals surface area contributed by atoms with Gasteiger partial charge in [0.05, 0.1) is 7.11 Å². The first-order valence-corrected chi connectivity index (χ1v) is 2.87. The minimum absolute atomic E-state index is 0.137. The number of methoxy groups -OCH3 is 1. The Morgan fingerprint density at radius 1 is 1.73 bits per heavy atom. The standard InChI is InChI=1S/C7H8O4/c1-3-4-5(6(8)9)7(10)11-2/h1,5H,4H2,2H3,(H,8,9). The molecule has 0 aliphatic heterocycles. The van der Waals surface area contributed by atoms with Crippen LogP contribution in [0, 0.1) is 18.3 Å². The van der Waals surface area contributed by atoms with Crippen molar-refractivity contribution in [1.29, 1.82) is 0 Å². The zero-order valence-electron chi connectivity index (χ0n) is 6.03. The normalized spacial score (nSPS) is 11.3. The van der Waals surface area contributed by atoms with Crippen LogP contribution in [0.5, 0.6) is 0 Å². The Labute approximate surface area is 64.2 Å². The predicted octanol–water partition coefficient (Wildman–Crippen LogP) is -0.117. The number of terminal acetylenes is 1. The third-order valence-electron chi connectivity index (χ3n) is 1.11. The first-order chi connectivity index (χ1) is 5.13. The van der Waals surface area contributed by atoms with Crippen molar-refractivity contribution in [2.75, 3.05) is 7.11 Å². The van der Waals surface area contributed by atoms with Crippen molar-refractivity contribution < 1.29 is 19.4 Å². The molecule has 0 rings (SSSR count). The van der Waals surface area contributed by atoms with Crippen molar-refractivity contribution in [3.05, 3.63) is 0 Å². The van der Waals surface area contributed by atoms with Gasteiger partial charge in [0.2, 0.25) is 0 Å². The summed E-state index contributed by atoms with van der Waals surface area (Å²) in [5.74, 6) is -1.21. The second-order valence-corrected chi connectivity index (χ2v) is 1.82. The van der Waals surface area contributed by atoms with Crippen molar-refractivity contribution in [2.24, 2.45) is 5.92 Å². The Morgan fingerprint density at radius 2 is 2.27 bits per heavy atom. The zero-order chi connectivity index (χ0) is 8.85. The maximum atomic E-state index is 10.6. The Kier molecular flexibility index (Phi) is 3.75. The molecule has 4 nitrogen and oxygen atoms in total. The number of carbonyl (C=O) groups excluding carboxylic acids is 1. The fraction of sp³-hybridized carbons (Fsp3) is 0.429. The monoisotopic (exact) mass is 156 g/mol. The number of ether oxygens (including phenoxy) is 1. The molecule has 0 bridgehead atoms. The molecule has 0 saturated carbocycles. The topological polar surface area (TPSA) is 63.6 Å². The van der Waals surface area contributed by atoms with E-state index in [0.29, 0.717) is 0 Å². The average molecular weight is 156 g/mol. The van der Waals surface area contributed by atoms with Gasteiger partial charge in [0, 0.05) is 6.42 Å². The summed E-state index contributed by atoms with van der Waals surface area (Å²) in [5.41, 5.74) is 0. The number of carboxylic acid groups (broad SMARTS) is 1. The average Bonchev–Trinajstić information content (AvgIpc) is 1.98. The number of hydrogen-bond acceptors (Lipinski definition) is 3. The van der Waals surface area contributed by atoms with Crippen LogP contribution in [0.15, 0.2) is 0 Å². The molecule has 0 heterocycles. The van der Waals surface area contributed by atoms with Crippen molar-refractivity contribution >= 4 is 11.9 Å². The van der Waals surface area contributed by atoms with Gasteiger partial charge < -0.3 is 9.84 Å². The highest BCUT2D eigenvalue weighted by molar-refractivity contribution is 5.94. The molecular weight excluding hydrogens is 148 g/mol. The van der Waals surface area contributed by atoms with Gasteiger partial charge in [0.1, 0.15) is 0 Å². The van der Waals surface area contributed by atoms with Crippen molar-refractivity contribution in [2.45, 2.75) is 6.42 Å². The third-order valence-corrected chi connectivity index (χ3v) is 1.11. The van der Waals surface area contributed by atoms with Crippen molar-refractivity contribution in [1.82, 2.24) is 0 Å². The lowest BCUT2D eigenvalue weighted by molar-refractivity contribution is -0.156. The Hall–Kier alpha value is -1.50. The van der Waals surface area contributed by atoms with Crippen molar-refractivity contribution in [3.8, 4) is 12.3 Å².